The fraction of sp³-hybridized carbons (Fsp3) is 0.125. The van der Waals surface area contributed by atoms with Crippen molar-refractivity contribution in [3.05, 3.63) is 54.1 Å². The summed E-state index contributed by atoms with van der Waals surface area (Å²) < 4.78 is 40.0. The molecule has 0 aliphatic carbocycles. The molecule has 0 spiro atoms. The van der Waals surface area contributed by atoms with E-state index in [1.165, 1.54) is 23.9 Å². The van der Waals surface area contributed by atoms with Gasteiger partial charge >= 0.3 is 6.36 Å². The highest BCUT2D eigenvalue weighted by atomic mass is 79.9. The summed E-state index contributed by atoms with van der Waals surface area (Å²) in [5, 5.41) is 0.613. The Balaban J connectivity index is 0.00000225. The summed E-state index contributed by atoms with van der Waals surface area (Å²) in [5.74, 6) is -0.442. The molecular formula is C16H11BrF3N2O2S-. The van der Waals surface area contributed by atoms with Gasteiger partial charge in [0.05, 0.1) is 16.8 Å². The fourth-order valence-corrected chi connectivity index (χ4v) is 2.84. The van der Waals surface area contributed by atoms with Crippen molar-refractivity contribution in [2.75, 3.05) is 5.75 Å². The lowest BCUT2D eigenvalue weighted by atomic mass is 10.1. The van der Waals surface area contributed by atoms with Gasteiger partial charge in [-0.2, -0.15) is 0 Å². The molecule has 4 nitrogen and oxygen atoms in total. The highest BCUT2D eigenvalue weighted by Gasteiger charge is 2.31. The van der Waals surface area contributed by atoms with Crippen LogP contribution in [0.4, 0.5) is 13.2 Å². The molecule has 132 valence electrons. The molecule has 2 aromatic carbocycles. The number of imidazole rings is 1. The number of benzene rings is 2. The summed E-state index contributed by atoms with van der Waals surface area (Å²) in [5.41, 5.74) is 2.00. The first-order valence-corrected chi connectivity index (χ1v) is 7.86. The molecule has 1 N–H and O–H groups in total. The van der Waals surface area contributed by atoms with Gasteiger partial charge in [0.25, 0.3) is 0 Å². The third-order valence-electron chi connectivity index (χ3n) is 3.12. The van der Waals surface area contributed by atoms with Crippen LogP contribution >= 0.6 is 11.8 Å². The van der Waals surface area contributed by atoms with Gasteiger partial charge in [0, 0.05) is 5.56 Å². The van der Waals surface area contributed by atoms with Crippen LogP contribution in [0.5, 0.6) is 5.75 Å². The van der Waals surface area contributed by atoms with E-state index in [-0.39, 0.29) is 34.3 Å². The zero-order valence-electron chi connectivity index (χ0n) is 12.5. The fourth-order valence-electron chi connectivity index (χ4n) is 2.06. The topological polar surface area (TPSA) is 55.0 Å². The molecular weight excluding hydrogens is 421 g/mol. The molecule has 0 unspecified atom stereocenters. The second kappa shape index (κ2) is 7.92. The summed E-state index contributed by atoms with van der Waals surface area (Å²) in [4.78, 5) is 19.5. The number of Topliss-reactive ketones (excluding diaryl/α,β-unsaturated/α-hetero) is 1. The van der Waals surface area contributed by atoms with Gasteiger partial charge in [0.1, 0.15) is 5.75 Å². The number of fused-ring (bicyclic) bond motifs is 1. The number of para-hydroxylation sites is 2. The van der Waals surface area contributed by atoms with Crippen LogP contribution in [-0.4, -0.2) is 27.9 Å². The third-order valence-corrected chi connectivity index (χ3v) is 3.99. The maximum absolute atomic E-state index is 12.1. The average Bonchev–Trinajstić information content (AvgIpc) is 2.94. The molecule has 0 atom stereocenters. The van der Waals surface area contributed by atoms with Gasteiger partial charge in [0.2, 0.25) is 0 Å². The number of ketones is 1. The number of aromatic nitrogens is 2. The number of rotatable bonds is 5. The number of thioether (sulfide) groups is 1. The Morgan fingerprint density at radius 1 is 1.12 bits per heavy atom. The van der Waals surface area contributed by atoms with Gasteiger partial charge in [-0.3, -0.25) is 4.79 Å². The molecule has 0 bridgehead atoms. The SMILES string of the molecule is O=C(CSc1nc2ccccc2[nH]1)c1ccc(OC(F)(F)F)cc1.[Br-]. The largest absolute Gasteiger partial charge is 1.00 e. The van der Waals surface area contributed by atoms with E-state index >= 15 is 0 Å². The molecule has 0 aliphatic rings. The molecule has 3 aromatic rings. The number of hydrogen-bond donors (Lipinski definition) is 1. The molecule has 1 heterocycles. The number of aromatic amines is 1. The summed E-state index contributed by atoms with van der Waals surface area (Å²) in [6.45, 7) is 0. The van der Waals surface area contributed by atoms with E-state index in [0.29, 0.717) is 10.7 Å². The molecule has 0 aliphatic heterocycles. The van der Waals surface area contributed by atoms with Gasteiger partial charge in [0.15, 0.2) is 10.9 Å². The minimum atomic E-state index is -4.75. The van der Waals surface area contributed by atoms with Crippen molar-refractivity contribution >= 4 is 28.6 Å². The average molecular weight is 432 g/mol. The molecule has 0 saturated carbocycles. The Kier molecular flexibility index (Phi) is 6.12. The van der Waals surface area contributed by atoms with Crippen molar-refractivity contribution in [3.63, 3.8) is 0 Å². The third kappa shape index (κ3) is 5.23. The molecule has 1 aromatic heterocycles. The smallest absolute Gasteiger partial charge is 0.573 e. The number of hydrogen-bond acceptors (Lipinski definition) is 4. The summed E-state index contributed by atoms with van der Waals surface area (Å²) >= 11 is 1.24. The number of alkyl halides is 3. The Morgan fingerprint density at radius 2 is 1.80 bits per heavy atom. The minimum absolute atomic E-state index is 0. The second-order valence-corrected chi connectivity index (χ2v) is 5.81. The van der Waals surface area contributed by atoms with E-state index < -0.39 is 6.36 Å². The summed E-state index contributed by atoms with van der Waals surface area (Å²) in [6.07, 6.45) is -4.75. The Labute approximate surface area is 155 Å². The first-order valence-electron chi connectivity index (χ1n) is 6.87. The predicted octanol–water partition coefficient (Wildman–Crippen LogP) is 1.44. The number of nitrogens with one attached hydrogen (secondary N) is 1. The van der Waals surface area contributed by atoms with Crippen molar-refractivity contribution < 1.29 is 39.7 Å². The lowest BCUT2D eigenvalue weighted by Gasteiger charge is -2.08. The quantitative estimate of drug-likeness (QED) is 0.490. The summed E-state index contributed by atoms with van der Waals surface area (Å²) in [7, 11) is 0. The lowest BCUT2D eigenvalue weighted by Crippen LogP contribution is -3.00. The lowest BCUT2D eigenvalue weighted by molar-refractivity contribution is -0.274. The molecule has 0 radical (unpaired) electrons. The van der Waals surface area contributed by atoms with Crippen molar-refractivity contribution in [1.82, 2.24) is 9.97 Å². The van der Waals surface area contributed by atoms with E-state index in [4.69, 9.17) is 0 Å². The number of H-pyrrole nitrogens is 1. The van der Waals surface area contributed by atoms with Gasteiger partial charge < -0.3 is 26.7 Å². The zero-order valence-corrected chi connectivity index (χ0v) is 14.9. The van der Waals surface area contributed by atoms with E-state index in [1.807, 2.05) is 24.3 Å². The normalized spacial score (nSPS) is 11.2. The Bertz CT molecular complexity index is 833. The molecule has 25 heavy (non-hydrogen) atoms. The standard InChI is InChI=1S/C16H11F3N2O2S.BrH/c17-16(18,19)23-11-7-5-10(6-8-11)14(22)9-24-15-20-12-3-1-2-4-13(12)21-15;/h1-8H,9H2,(H,20,21);1H/p-1. The molecule has 0 amide bonds. The van der Waals surface area contributed by atoms with Crippen LogP contribution in [0.25, 0.3) is 11.0 Å². The number of halogens is 4. The van der Waals surface area contributed by atoms with Crippen LogP contribution in [0.3, 0.4) is 0 Å². The Hall–Kier alpha value is -2.00. The highest BCUT2D eigenvalue weighted by Crippen LogP contribution is 2.24. The predicted molar refractivity (Wildman–Crippen MR) is 84.3 cm³/mol. The Morgan fingerprint density at radius 3 is 2.44 bits per heavy atom. The molecule has 0 saturated heterocycles. The van der Waals surface area contributed by atoms with Crippen molar-refractivity contribution in [2.45, 2.75) is 11.5 Å². The van der Waals surface area contributed by atoms with Crippen molar-refractivity contribution in [2.24, 2.45) is 0 Å². The van der Waals surface area contributed by atoms with Gasteiger partial charge in [-0.1, -0.05) is 23.9 Å². The molecule has 9 heteroatoms. The number of carbonyl (C=O) groups excluding carboxylic acids is 1. The van der Waals surface area contributed by atoms with Gasteiger partial charge in [-0.05, 0) is 36.4 Å². The van der Waals surface area contributed by atoms with Crippen molar-refractivity contribution in [3.8, 4) is 5.75 Å². The second-order valence-electron chi connectivity index (χ2n) is 4.84. The maximum Gasteiger partial charge on any atom is 0.573 e. The van der Waals surface area contributed by atoms with E-state index in [2.05, 4.69) is 14.7 Å². The van der Waals surface area contributed by atoms with Crippen LogP contribution in [0.1, 0.15) is 10.4 Å². The highest BCUT2D eigenvalue weighted by molar-refractivity contribution is 7.99. The first kappa shape index (κ1) is 19.3. The van der Waals surface area contributed by atoms with Crippen LogP contribution in [0.2, 0.25) is 0 Å². The van der Waals surface area contributed by atoms with Crippen LogP contribution in [0, 0.1) is 0 Å². The van der Waals surface area contributed by atoms with Crippen LogP contribution in [0.15, 0.2) is 53.7 Å². The van der Waals surface area contributed by atoms with E-state index in [0.717, 1.165) is 23.2 Å². The van der Waals surface area contributed by atoms with E-state index in [9.17, 15) is 18.0 Å². The first-order chi connectivity index (χ1) is 11.4. The van der Waals surface area contributed by atoms with E-state index in [1.54, 1.807) is 0 Å². The van der Waals surface area contributed by atoms with Crippen LogP contribution < -0.4 is 21.7 Å². The van der Waals surface area contributed by atoms with Gasteiger partial charge in [-0.25, -0.2) is 4.98 Å². The molecule has 0 fully saturated rings. The number of nitrogens with zero attached hydrogens (tertiary/aromatic N) is 1. The summed E-state index contributed by atoms with van der Waals surface area (Å²) in [6, 6.07) is 12.3. The van der Waals surface area contributed by atoms with Crippen LogP contribution in [-0.2, 0) is 0 Å². The zero-order chi connectivity index (χ0) is 17.2. The van der Waals surface area contributed by atoms with Gasteiger partial charge in [-0.15, -0.1) is 13.2 Å². The monoisotopic (exact) mass is 431 g/mol. The maximum atomic E-state index is 12.1. The minimum Gasteiger partial charge on any atom is -1.00 e. The van der Waals surface area contributed by atoms with Crippen molar-refractivity contribution in [1.29, 1.82) is 0 Å². The number of ether oxygens (including phenoxy) is 1. The number of carbonyl (C=O) groups is 1. The molecule has 3 rings (SSSR count).